The van der Waals surface area contributed by atoms with Crippen molar-refractivity contribution in [2.45, 2.75) is 131 Å². The average Bonchev–Trinajstić information content (AvgIpc) is 2.56. The lowest BCUT2D eigenvalue weighted by Gasteiger charge is -1.98. The molecule has 0 atom stereocenters. The third-order valence-electron chi connectivity index (χ3n) is 1.39. The molecule has 0 unspecified atom stereocenters. The van der Waals surface area contributed by atoms with Crippen molar-refractivity contribution < 1.29 is 0 Å². The summed E-state index contributed by atoms with van der Waals surface area (Å²) >= 11 is 0. The first-order valence-corrected chi connectivity index (χ1v) is 9.14. The molecule has 0 amide bonds. The third-order valence-corrected chi connectivity index (χ3v) is 1.39. The minimum absolute atomic E-state index is 0. The second-order valence-electron chi connectivity index (χ2n) is 3.34. The van der Waals surface area contributed by atoms with Gasteiger partial charge >= 0.3 is 0 Å². The molecule has 0 rings (SSSR count). The van der Waals surface area contributed by atoms with Crippen LogP contribution in [0.4, 0.5) is 0 Å². The maximum atomic E-state index is 3.00. The molecular formula is C22H60. The maximum absolute atomic E-state index is 3.00. The Bertz CT molecular complexity index is 42.0. The van der Waals surface area contributed by atoms with Crippen molar-refractivity contribution in [3.63, 3.8) is 0 Å². The molecule has 0 saturated carbocycles. The number of rotatable bonds is 2. The summed E-state index contributed by atoms with van der Waals surface area (Å²) in [7, 11) is 0. The molecule has 0 saturated heterocycles. The summed E-state index contributed by atoms with van der Waals surface area (Å²) in [5.41, 5.74) is 0. The zero-order chi connectivity index (χ0) is 18.4. The molecule has 0 aliphatic carbocycles. The van der Waals surface area contributed by atoms with Crippen LogP contribution in [0.25, 0.3) is 0 Å². The molecule has 0 fully saturated rings. The van der Waals surface area contributed by atoms with Gasteiger partial charge in [0.2, 0.25) is 0 Å². The van der Waals surface area contributed by atoms with E-state index in [2.05, 4.69) is 61.6 Å². The highest BCUT2D eigenvalue weighted by molar-refractivity contribution is 4.41. The third kappa shape index (κ3) is 496. The Kier molecular flexibility index (Phi) is 466. The summed E-state index contributed by atoms with van der Waals surface area (Å²) in [5, 5.41) is 0. The lowest BCUT2D eigenvalue weighted by molar-refractivity contribution is 0.544. The van der Waals surface area contributed by atoms with Crippen molar-refractivity contribution in [1.29, 1.82) is 0 Å². The summed E-state index contributed by atoms with van der Waals surface area (Å²) in [5.74, 6) is 0.935. The Labute approximate surface area is 150 Å². The van der Waals surface area contributed by atoms with Gasteiger partial charge in [0, 0.05) is 0 Å². The topological polar surface area (TPSA) is 0 Å². The van der Waals surface area contributed by atoms with Crippen LogP contribution in [0.15, 0.2) is 13.2 Å². The van der Waals surface area contributed by atoms with Gasteiger partial charge in [-0.2, -0.15) is 0 Å². The van der Waals surface area contributed by atoms with Gasteiger partial charge in [-0.15, -0.1) is 13.2 Å². The van der Waals surface area contributed by atoms with Crippen LogP contribution in [-0.2, 0) is 0 Å². The second-order valence-corrected chi connectivity index (χ2v) is 3.34. The molecule has 22 heavy (non-hydrogen) atoms. The molecule has 0 N–H and O–H groups in total. The summed E-state index contributed by atoms with van der Waals surface area (Å²) in [6.07, 6.45) is 5.16. The highest BCUT2D eigenvalue weighted by atomic mass is 13.9. The van der Waals surface area contributed by atoms with E-state index in [0.717, 1.165) is 5.92 Å². The minimum Gasteiger partial charge on any atom is -0.106 e. The second kappa shape index (κ2) is 178. The summed E-state index contributed by atoms with van der Waals surface area (Å²) in [6, 6.07) is 0. The number of hydrogen-bond donors (Lipinski definition) is 0. The molecule has 0 radical (unpaired) electrons. The van der Waals surface area contributed by atoms with E-state index in [-0.39, 0.29) is 14.9 Å². The van der Waals surface area contributed by atoms with E-state index in [4.69, 9.17) is 0 Å². The largest absolute Gasteiger partial charge is 0.106 e. The van der Waals surface area contributed by atoms with E-state index < -0.39 is 0 Å². The van der Waals surface area contributed by atoms with E-state index in [1.54, 1.807) is 0 Å². The van der Waals surface area contributed by atoms with Gasteiger partial charge in [-0.3, -0.25) is 0 Å². The van der Waals surface area contributed by atoms with Crippen molar-refractivity contribution in [2.75, 3.05) is 0 Å². The molecule has 0 aliphatic heterocycles. The fourth-order valence-electron chi connectivity index (χ4n) is 0.289. The van der Waals surface area contributed by atoms with Gasteiger partial charge in [-0.1, -0.05) is 131 Å². The van der Waals surface area contributed by atoms with Gasteiger partial charge in [0.05, 0.1) is 0 Å². The number of hydrogen-bond acceptors (Lipinski definition) is 0. The first-order valence-electron chi connectivity index (χ1n) is 9.14. The van der Waals surface area contributed by atoms with Crippen LogP contribution in [0.2, 0.25) is 0 Å². The predicted molar refractivity (Wildman–Crippen MR) is 120 cm³/mol. The van der Waals surface area contributed by atoms with Crippen LogP contribution in [0, 0.1) is 5.92 Å². The Morgan fingerprint density at radius 2 is 0.636 bits per heavy atom. The quantitative estimate of drug-likeness (QED) is 0.443. The Hall–Kier alpha value is -0.260. The monoisotopic (exact) mass is 324 g/mol. The van der Waals surface area contributed by atoms with Crippen LogP contribution in [0.1, 0.15) is 131 Å². The summed E-state index contributed by atoms with van der Waals surface area (Å²) in [6.45, 7) is 33.2. The lowest BCUT2D eigenvalue weighted by Crippen LogP contribution is -1.85. The van der Waals surface area contributed by atoms with Gasteiger partial charge in [-0.25, -0.2) is 0 Å². The highest BCUT2D eigenvalue weighted by Crippen LogP contribution is 2.02. The summed E-state index contributed by atoms with van der Waals surface area (Å²) in [4.78, 5) is 0. The molecule has 0 aromatic carbocycles. The van der Waals surface area contributed by atoms with E-state index in [9.17, 15) is 0 Å². The van der Waals surface area contributed by atoms with Crippen LogP contribution in [-0.4, -0.2) is 0 Å². The van der Waals surface area contributed by atoms with Gasteiger partial charge in [0.25, 0.3) is 0 Å². The molecular weight excluding hydrogens is 264 g/mol. The fraction of sp³-hybridized carbons (Fsp3) is 0.909. The molecule has 0 nitrogen and oxygen atoms in total. The standard InChI is InChI=1S/C6H14.2C3H8.3C2H6.C2H4.2CH4/c1-4-6(3)5-2;2*1-3-2;4*1-2;;/h6H,4-5H2,1-3H3;2*3H2,1-2H3;3*1-2H3;1-2H2;2*1H4. The Morgan fingerprint density at radius 1 is 0.545 bits per heavy atom. The maximum Gasteiger partial charge on any atom is -0.0448 e. The SMILES string of the molecule is C.C.C=C.CC.CC.CC.CCC.CCC.CCC(C)CC. The van der Waals surface area contributed by atoms with Crippen LogP contribution < -0.4 is 0 Å². The van der Waals surface area contributed by atoms with E-state index in [1.807, 2.05) is 41.5 Å². The molecule has 0 aromatic rings. The average molecular weight is 325 g/mol. The van der Waals surface area contributed by atoms with Gasteiger partial charge in [0.1, 0.15) is 0 Å². The molecule has 0 bridgehead atoms. The lowest BCUT2D eigenvalue weighted by atomic mass is 10.1. The van der Waals surface area contributed by atoms with Gasteiger partial charge in [-0.05, 0) is 5.92 Å². The van der Waals surface area contributed by atoms with Crippen molar-refractivity contribution in [1.82, 2.24) is 0 Å². The summed E-state index contributed by atoms with van der Waals surface area (Å²) < 4.78 is 0. The molecule has 0 spiro atoms. The molecule has 0 aliphatic rings. The molecule has 0 heteroatoms. The van der Waals surface area contributed by atoms with Crippen molar-refractivity contribution in [3.05, 3.63) is 13.2 Å². The normalized spacial score (nSPS) is 5.36. The van der Waals surface area contributed by atoms with Gasteiger partial charge < -0.3 is 0 Å². The zero-order valence-electron chi connectivity index (χ0n) is 17.8. The van der Waals surface area contributed by atoms with E-state index >= 15 is 0 Å². The zero-order valence-corrected chi connectivity index (χ0v) is 17.8. The Morgan fingerprint density at radius 3 is 0.636 bits per heavy atom. The molecule has 0 heterocycles. The van der Waals surface area contributed by atoms with Crippen molar-refractivity contribution in [2.24, 2.45) is 5.92 Å². The first-order chi connectivity index (χ1) is 9.64. The fourth-order valence-corrected chi connectivity index (χ4v) is 0.289. The van der Waals surface area contributed by atoms with Crippen LogP contribution >= 0.6 is 0 Å². The first kappa shape index (κ1) is 57.6. The molecule has 0 aromatic heterocycles. The highest BCUT2D eigenvalue weighted by Gasteiger charge is 1.88. The van der Waals surface area contributed by atoms with Crippen molar-refractivity contribution in [3.8, 4) is 0 Å². The Balaban J connectivity index is -0.0000000134. The molecule has 148 valence electrons. The van der Waals surface area contributed by atoms with Crippen LogP contribution in [0.5, 0.6) is 0 Å². The smallest absolute Gasteiger partial charge is 0.0448 e. The van der Waals surface area contributed by atoms with Gasteiger partial charge in [0.15, 0.2) is 0 Å². The van der Waals surface area contributed by atoms with E-state index in [0.29, 0.717) is 0 Å². The van der Waals surface area contributed by atoms with Crippen LogP contribution in [0.3, 0.4) is 0 Å². The minimum atomic E-state index is 0. The predicted octanol–water partition coefficient (Wildman–Crippen LogP) is 10.4. The van der Waals surface area contributed by atoms with Crippen molar-refractivity contribution >= 4 is 0 Å². The van der Waals surface area contributed by atoms with E-state index in [1.165, 1.54) is 25.7 Å².